The Balaban J connectivity index is 2.16. The lowest BCUT2D eigenvalue weighted by Gasteiger charge is -2.15. The van der Waals surface area contributed by atoms with Crippen LogP contribution < -0.4 is 5.32 Å². The molecule has 21 heavy (non-hydrogen) atoms. The summed E-state index contributed by atoms with van der Waals surface area (Å²) >= 11 is 0. The van der Waals surface area contributed by atoms with E-state index in [0.717, 1.165) is 12.1 Å². The zero-order valence-corrected chi connectivity index (χ0v) is 10.8. The lowest BCUT2D eigenvalue weighted by Crippen LogP contribution is -2.33. The predicted molar refractivity (Wildman–Crippen MR) is 67.0 cm³/mol. The van der Waals surface area contributed by atoms with E-state index in [-0.39, 0.29) is 12.5 Å². The SMILES string of the molecule is O=C(N[C@@H]1C=C[C@H](CO)C1)c1cccc(C(F)(F)F)c1F. The van der Waals surface area contributed by atoms with Gasteiger partial charge >= 0.3 is 6.18 Å². The van der Waals surface area contributed by atoms with Crippen molar-refractivity contribution in [3.63, 3.8) is 0 Å². The molecule has 2 N–H and O–H groups in total. The van der Waals surface area contributed by atoms with Gasteiger partial charge in [0.2, 0.25) is 0 Å². The Morgan fingerprint density at radius 1 is 1.33 bits per heavy atom. The minimum absolute atomic E-state index is 0.0825. The van der Waals surface area contributed by atoms with Crippen LogP contribution in [0.2, 0.25) is 0 Å². The van der Waals surface area contributed by atoms with Gasteiger partial charge in [-0.2, -0.15) is 13.2 Å². The van der Waals surface area contributed by atoms with Crippen LogP contribution in [0.4, 0.5) is 17.6 Å². The fourth-order valence-electron chi connectivity index (χ4n) is 2.19. The van der Waals surface area contributed by atoms with Crippen LogP contribution in [-0.4, -0.2) is 23.7 Å². The smallest absolute Gasteiger partial charge is 0.396 e. The lowest BCUT2D eigenvalue weighted by molar-refractivity contribution is -0.140. The number of rotatable bonds is 3. The highest BCUT2D eigenvalue weighted by Crippen LogP contribution is 2.32. The van der Waals surface area contributed by atoms with Gasteiger partial charge in [-0.15, -0.1) is 0 Å². The Kier molecular flexibility index (Phi) is 4.32. The molecule has 0 aromatic heterocycles. The maximum absolute atomic E-state index is 13.8. The summed E-state index contributed by atoms with van der Waals surface area (Å²) in [5, 5.41) is 11.4. The molecule has 1 aliphatic carbocycles. The molecule has 0 spiro atoms. The highest BCUT2D eigenvalue weighted by Gasteiger charge is 2.36. The monoisotopic (exact) mass is 303 g/mol. The number of amides is 1. The number of hydrogen-bond donors (Lipinski definition) is 2. The number of benzene rings is 1. The topological polar surface area (TPSA) is 49.3 Å². The van der Waals surface area contributed by atoms with Crippen molar-refractivity contribution in [3.05, 3.63) is 47.3 Å². The summed E-state index contributed by atoms with van der Waals surface area (Å²) < 4.78 is 51.5. The fraction of sp³-hybridized carbons (Fsp3) is 0.357. The number of aliphatic hydroxyl groups excluding tert-OH is 1. The third-order valence-corrected chi connectivity index (χ3v) is 3.27. The fourth-order valence-corrected chi connectivity index (χ4v) is 2.19. The molecular formula is C14H13F4NO2. The van der Waals surface area contributed by atoms with Gasteiger partial charge in [-0.25, -0.2) is 4.39 Å². The van der Waals surface area contributed by atoms with Crippen molar-refractivity contribution < 1.29 is 27.5 Å². The van der Waals surface area contributed by atoms with Crippen LogP contribution >= 0.6 is 0 Å². The van der Waals surface area contributed by atoms with Gasteiger partial charge in [0.05, 0.1) is 11.1 Å². The van der Waals surface area contributed by atoms with E-state index in [9.17, 15) is 22.4 Å². The third kappa shape index (κ3) is 3.41. The van der Waals surface area contributed by atoms with E-state index >= 15 is 0 Å². The van der Waals surface area contributed by atoms with Gasteiger partial charge in [0.15, 0.2) is 0 Å². The van der Waals surface area contributed by atoms with Crippen molar-refractivity contribution in [2.45, 2.75) is 18.6 Å². The zero-order valence-electron chi connectivity index (χ0n) is 10.8. The van der Waals surface area contributed by atoms with Gasteiger partial charge in [0.25, 0.3) is 5.91 Å². The van der Waals surface area contributed by atoms with E-state index in [0.29, 0.717) is 12.5 Å². The molecule has 2 rings (SSSR count). The van der Waals surface area contributed by atoms with Gasteiger partial charge in [-0.05, 0) is 18.6 Å². The molecule has 0 saturated heterocycles. The first-order valence-electron chi connectivity index (χ1n) is 6.28. The van der Waals surface area contributed by atoms with Gasteiger partial charge in [-0.1, -0.05) is 18.2 Å². The average molecular weight is 303 g/mol. The summed E-state index contributed by atoms with van der Waals surface area (Å²) in [6, 6.07) is 2.15. The lowest BCUT2D eigenvalue weighted by atomic mass is 10.1. The Morgan fingerprint density at radius 2 is 2.05 bits per heavy atom. The summed E-state index contributed by atoms with van der Waals surface area (Å²) in [5.74, 6) is -2.60. The molecule has 0 fully saturated rings. The molecule has 0 radical (unpaired) electrons. The normalized spacial score (nSPS) is 21.6. The van der Waals surface area contributed by atoms with E-state index in [4.69, 9.17) is 5.11 Å². The quantitative estimate of drug-likeness (QED) is 0.666. The number of nitrogens with one attached hydrogen (secondary N) is 1. The van der Waals surface area contributed by atoms with Crippen LogP contribution in [0.1, 0.15) is 22.3 Å². The highest BCUT2D eigenvalue weighted by molar-refractivity contribution is 5.95. The summed E-state index contributed by atoms with van der Waals surface area (Å²) in [4.78, 5) is 11.9. The van der Waals surface area contributed by atoms with Crippen LogP contribution in [0.25, 0.3) is 0 Å². The second-order valence-electron chi connectivity index (χ2n) is 4.81. The highest BCUT2D eigenvalue weighted by atomic mass is 19.4. The van der Waals surface area contributed by atoms with Crippen LogP contribution in [0.3, 0.4) is 0 Å². The molecule has 7 heteroatoms. The van der Waals surface area contributed by atoms with Crippen LogP contribution in [-0.2, 0) is 6.18 Å². The molecule has 0 unspecified atom stereocenters. The number of alkyl halides is 3. The molecule has 1 aliphatic rings. The molecule has 0 heterocycles. The minimum Gasteiger partial charge on any atom is -0.396 e. The second-order valence-corrected chi connectivity index (χ2v) is 4.81. The number of hydrogen-bond acceptors (Lipinski definition) is 2. The van der Waals surface area contributed by atoms with Crippen molar-refractivity contribution in [2.75, 3.05) is 6.61 Å². The molecule has 3 nitrogen and oxygen atoms in total. The standard InChI is InChI=1S/C14H13F4NO2/c15-12-10(2-1-3-11(12)14(16,17)18)13(21)19-9-5-4-8(6-9)7-20/h1-5,8-9,20H,6-7H2,(H,19,21)/t8-,9+/m0/s1. The molecule has 0 saturated carbocycles. The Labute approximate surface area is 118 Å². The largest absolute Gasteiger partial charge is 0.419 e. The Bertz CT molecular complexity index is 569. The van der Waals surface area contributed by atoms with E-state index < -0.39 is 35.1 Å². The van der Waals surface area contributed by atoms with Crippen molar-refractivity contribution in [1.29, 1.82) is 0 Å². The van der Waals surface area contributed by atoms with Gasteiger partial charge < -0.3 is 10.4 Å². The molecule has 114 valence electrons. The third-order valence-electron chi connectivity index (χ3n) is 3.27. The summed E-state index contributed by atoms with van der Waals surface area (Å²) in [5.41, 5.74) is -2.11. The Hall–Kier alpha value is -1.89. The van der Waals surface area contributed by atoms with E-state index in [2.05, 4.69) is 5.32 Å². The molecule has 0 aliphatic heterocycles. The van der Waals surface area contributed by atoms with Crippen molar-refractivity contribution in [2.24, 2.45) is 5.92 Å². The first kappa shape index (κ1) is 15.5. The van der Waals surface area contributed by atoms with Gasteiger partial charge in [0.1, 0.15) is 5.82 Å². The van der Waals surface area contributed by atoms with Crippen molar-refractivity contribution >= 4 is 5.91 Å². The van der Waals surface area contributed by atoms with E-state index in [1.807, 2.05) is 0 Å². The maximum atomic E-state index is 13.8. The Morgan fingerprint density at radius 3 is 2.62 bits per heavy atom. The summed E-state index contributed by atoms with van der Waals surface area (Å²) in [6.45, 7) is -0.0825. The first-order valence-corrected chi connectivity index (χ1v) is 6.28. The maximum Gasteiger partial charge on any atom is 0.419 e. The molecular weight excluding hydrogens is 290 g/mol. The molecule has 1 aromatic carbocycles. The van der Waals surface area contributed by atoms with Gasteiger partial charge in [-0.3, -0.25) is 4.79 Å². The van der Waals surface area contributed by atoms with Crippen LogP contribution in [0, 0.1) is 11.7 Å². The second kappa shape index (κ2) is 5.85. The van der Waals surface area contributed by atoms with Crippen LogP contribution in [0.15, 0.2) is 30.4 Å². The number of aliphatic hydroxyl groups is 1. The summed E-state index contributed by atoms with van der Waals surface area (Å²) in [6.07, 6.45) is -1.09. The van der Waals surface area contributed by atoms with E-state index in [1.165, 1.54) is 0 Å². The molecule has 0 bridgehead atoms. The van der Waals surface area contributed by atoms with Crippen molar-refractivity contribution in [3.8, 4) is 0 Å². The van der Waals surface area contributed by atoms with Crippen molar-refractivity contribution in [1.82, 2.24) is 5.32 Å². The van der Waals surface area contributed by atoms with E-state index in [1.54, 1.807) is 12.2 Å². The predicted octanol–water partition coefficient (Wildman–Crippen LogP) is 2.51. The zero-order chi connectivity index (χ0) is 15.6. The number of halogens is 4. The summed E-state index contributed by atoms with van der Waals surface area (Å²) in [7, 11) is 0. The number of carbonyl (C=O) groups is 1. The molecule has 1 amide bonds. The van der Waals surface area contributed by atoms with Crippen LogP contribution in [0.5, 0.6) is 0 Å². The average Bonchev–Trinajstić information content (AvgIpc) is 2.85. The number of carbonyl (C=O) groups excluding carboxylic acids is 1. The molecule has 1 aromatic rings. The first-order chi connectivity index (χ1) is 9.82. The van der Waals surface area contributed by atoms with Gasteiger partial charge in [0, 0.05) is 18.6 Å². The minimum atomic E-state index is -4.85. The molecule has 2 atom stereocenters.